The van der Waals surface area contributed by atoms with Gasteiger partial charge in [0.2, 0.25) is 0 Å². The Morgan fingerprint density at radius 3 is 2.83 bits per heavy atom. The van der Waals surface area contributed by atoms with Crippen LogP contribution in [0.25, 0.3) is 11.5 Å². The third-order valence-electron chi connectivity index (χ3n) is 4.49. The van der Waals surface area contributed by atoms with Crippen molar-refractivity contribution in [2.24, 2.45) is 0 Å². The number of alkyl carbamates (subject to hydrolysis) is 1. The molecule has 0 unspecified atom stereocenters. The topological polar surface area (TPSA) is 80.2 Å². The third-order valence-corrected chi connectivity index (χ3v) is 4.49. The second kappa shape index (κ2) is 6.16. The first-order valence-corrected chi connectivity index (χ1v) is 8.14. The Bertz CT molecular complexity index is 722. The van der Waals surface area contributed by atoms with Gasteiger partial charge in [-0.05, 0) is 31.5 Å². The summed E-state index contributed by atoms with van der Waals surface area (Å²) in [6, 6.07) is 5.68. The molecule has 1 atom stereocenters. The van der Waals surface area contributed by atoms with Gasteiger partial charge >= 0.3 is 6.09 Å². The molecular formula is C17H19N5O2. The zero-order valence-corrected chi connectivity index (χ0v) is 13.3. The van der Waals surface area contributed by atoms with Crippen molar-refractivity contribution in [2.75, 3.05) is 19.6 Å². The highest BCUT2D eigenvalue weighted by Crippen LogP contribution is 2.28. The quantitative estimate of drug-likeness (QED) is 0.923. The first-order chi connectivity index (χ1) is 11.7. The zero-order valence-electron chi connectivity index (χ0n) is 13.3. The van der Waals surface area contributed by atoms with Crippen LogP contribution in [-0.2, 0) is 11.3 Å². The molecule has 0 aliphatic carbocycles. The molecule has 4 heterocycles. The first kappa shape index (κ1) is 15.0. The van der Waals surface area contributed by atoms with E-state index in [1.807, 2.05) is 30.6 Å². The maximum absolute atomic E-state index is 11.4. The second-order valence-electron chi connectivity index (χ2n) is 6.37. The van der Waals surface area contributed by atoms with Crippen molar-refractivity contribution in [1.29, 1.82) is 0 Å². The summed E-state index contributed by atoms with van der Waals surface area (Å²) in [7, 11) is 0. The summed E-state index contributed by atoms with van der Waals surface area (Å²) in [6.45, 7) is 3.08. The number of carbonyl (C=O) groups excluding carboxylic acids is 1. The molecule has 0 bridgehead atoms. The van der Waals surface area contributed by atoms with Gasteiger partial charge in [0.25, 0.3) is 0 Å². The van der Waals surface area contributed by atoms with Crippen LogP contribution in [0, 0.1) is 0 Å². The number of aromatic nitrogens is 3. The number of hydrogen-bond acceptors (Lipinski definition) is 6. The lowest BCUT2D eigenvalue weighted by molar-refractivity contribution is -0.0111. The van der Waals surface area contributed by atoms with Gasteiger partial charge in [0, 0.05) is 37.2 Å². The maximum Gasteiger partial charge on any atom is 0.407 e. The largest absolute Gasteiger partial charge is 0.440 e. The van der Waals surface area contributed by atoms with Crippen LogP contribution in [-0.4, -0.2) is 51.2 Å². The summed E-state index contributed by atoms with van der Waals surface area (Å²) < 4.78 is 5.50. The van der Waals surface area contributed by atoms with E-state index >= 15 is 0 Å². The molecule has 2 aromatic rings. The molecule has 2 aliphatic rings. The molecule has 7 heteroatoms. The highest BCUT2D eigenvalue weighted by atomic mass is 16.6. The van der Waals surface area contributed by atoms with Crippen LogP contribution < -0.4 is 5.32 Å². The number of rotatable bonds is 3. The van der Waals surface area contributed by atoms with Crippen LogP contribution in [0.4, 0.5) is 4.79 Å². The molecule has 0 radical (unpaired) electrons. The Morgan fingerprint density at radius 1 is 1.25 bits per heavy atom. The van der Waals surface area contributed by atoms with Crippen molar-refractivity contribution in [2.45, 2.75) is 25.0 Å². The predicted molar refractivity (Wildman–Crippen MR) is 87.0 cm³/mol. The number of carbonyl (C=O) groups is 1. The molecule has 2 saturated heterocycles. The normalized spacial score (nSPS) is 23.9. The van der Waals surface area contributed by atoms with Gasteiger partial charge in [-0.2, -0.15) is 0 Å². The molecule has 24 heavy (non-hydrogen) atoms. The lowest BCUT2D eigenvalue weighted by Gasteiger charge is -2.38. The van der Waals surface area contributed by atoms with Crippen LogP contribution in [0.3, 0.4) is 0 Å². The minimum Gasteiger partial charge on any atom is -0.440 e. The third kappa shape index (κ3) is 3.07. The highest BCUT2D eigenvalue weighted by molar-refractivity contribution is 5.70. The van der Waals surface area contributed by atoms with E-state index in [4.69, 9.17) is 4.74 Å². The molecule has 1 amide bonds. The van der Waals surface area contributed by atoms with Gasteiger partial charge in [0.05, 0.1) is 6.54 Å². The van der Waals surface area contributed by atoms with Crippen LogP contribution in [0.5, 0.6) is 0 Å². The van der Waals surface area contributed by atoms with E-state index in [-0.39, 0.29) is 11.7 Å². The van der Waals surface area contributed by atoms with Gasteiger partial charge < -0.3 is 10.1 Å². The molecule has 2 fully saturated rings. The number of nitrogens with zero attached hydrogens (tertiary/aromatic N) is 4. The standard InChI is InChI=1S/C17H19N5O2/c23-16-21-11-17(24-16)5-3-7-22(12-17)10-13-8-19-15(20-9-13)14-4-1-2-6-18-14/h1-2,4,6,8-9H,3,5,7,10-12H2,(H,21,23)/t17-/m0/s1. The lowest BCUT2D eigenvalue weighted by atomic mass is 9.93. The zero-order chi connectivity index (χ0) is 16.4. The number of pyridine rings is 1. The lowest BCUT2D eigenvalue weighted by Crippen LogP contribution is -2.50. The molecule has 0 saturated carbocycles. The Hall–Kier alpha value is -2.54. The van der Waals surface area contributed by atoms with Crippen molar-refractivity contribution in [3.63, 3.8) is 0 Å². The van der Waals surface area contributed by atoms with Gasteiger partial charge in [-0.3, -0.25) is 9.88 Å². The van der Waals surface area contributed by atoms with Crippen molar-refractivity contribution in [1.82, 2.24) is 25.2 Å². The molecule has 1 N–H and O–H groups in total. The van der Waals surface area contributed by atoms with E-state index in [9.17, 15) is 4.79 Å². The molecule has 2 aromatic heterocycles. The fourth-order valence-corrected chi connectivity index (χ4v) is 3.38. The van der Waals surface area contributed by atoms with Crippen LogP contribution in [0.2, 0.25) is 0 Å². The van der Waals surface area contributed by atoms with Crippen LogP contribution in [0.1, 0.15) is 18.4 Å². The van der Waals surface area contributed by atoms with E-state index in [0.717, 1.165) is 43.7 Å². The molecule has 7 nitrogen and oxygen atoms in total. The summed E-state index contributed by atoms with van der Waals surface area (Å²) in [4.78, 5) is 26.8. The monoisotopic (exact) mass is 325 g/mol. The van der Waals surface area contributed by atoms with Crippen LogP contribution >= 0.6 is 0 Å². The molecule has 4 rings (SSSR count). The summed E-state index contributed by atoms with van der Waals surface area (Å²) in [6.07, 6.45) is 7.05. The molecule has 2 aliphatic heterocycles. The minimum absolute atomic E-state index is 0.306. The van der Waals surface area contributed by atoms with Gasteiger partial charge in [0.15, 0.2) is 5.82 Å². The number of ether oxygens (including phenoxy) is 1. The maximum atomic E-state index is 11.4. The minimum atomic E-state index is -0.371. The van der Waals surface area contributed by atoms with E-state index < -0.39 is 0 Å². The number of likely N-dealkylation sites (tertiary alicyclic amines) is 1. The first-order valence-electron chi connectivity index (χ1n) is 8.14. The van der Waals surface area contributed by atoms with Gasteiger partial charge in [-0.25, -0.2) is 14.8 Å². The number of nitrogens with one attached hydrogen (secondary N) is 1. The van der Waals surface area contributed by atoms with Gasteiger partial charge in [0.1, 0.15) is 11.3 Å². The highest BCUT2D eigenvalue weighted by Gasteiger charge is 2.43. The molecule has 1 spiro atoms. The Morgan fingerprint density at radius 2 is 2.12 bits per heavy atom. The molecule has 124 valence electrons. The smallest absolute Gasteiger partial charge is 0.407 e. The van der Waals surface area contributed by atoms with Crippen molar-refractivity contribution < 1.29 is 9.53 Å². The Balaban J connectivity index is 1.43. The second-order valence-corrected chi connectivity index (χ2v) is 6.37. The van der Waals surface area contributed by atoms with Crippen molar-refractivity contribution >= 4 is 6.09 Å². The van der Waals surface area contributed by atoms with Gasteiger partial charge in [-0.15, -0.1) is 0 Å². The van der Waals surface area contributed by atoms with E-state index in [0.29, 0.717) is 12.4 Å². The number of hydrogen-bond donors (Lipinski definition) is 1. The number of piperidine rings is 1. The Kier molecular flexibility index (Phi) is 3.86. The summed E-state index contributed by atoms with van der Waals surface area (Å²) >= 11 is 0. The fraction of sp³-hybridized carbons (Fsp3) is 0.412. The van der Waals surface area contributed by atoms with Crippen molar-refractivity contribution in [3.05, 3.63) is 42.4 Å². The van der Waals surface area contributed by atoms with E-state index in [1.54, 1.807) is 6.20 Å². The van der Waals surface area contributed by atoms with E-state index in [2.05, 4.69) is 25.2 Å². The summed E-state index contributed by atoms with van der Waals surface area (Å²) in [5.41, 5.74) is 1.44. The summed E-state index contributed by atoms with van der Waals surface area (Å²) in [5.74, 6) is 0.628. The molecule has 0 aromatic carbocycles. The number of amides is 1. The van der Waals surface area contributed by atoms with Crippen molar-refractivity contribution in [3.8, 4) is 11.5 Å². The molecular weight excluding hydrogens is 306 g/mol. The Labute approximate surface area is 140 Å². The van der Waals surface area contributed by atoms with Crippen LogP contribution in [0.15, 0.2) is 36.8 Å². The fourth-order valence-electron chi connectivity index (χ4n) is 3.38. The average molecular weight is 325 g/mol. The van der Waals surface area contributed by atoms with E-state index in [1.165, 1.54) is 0 Å². The predicted octanol–water partition coefficient (Wildman–Crippen LogP) is 1.61. The SMILES string of the molecule is O=C1NC[C@]2(CCCN(Cc3cnc(-c4ccccn4)nc3)C2)O1. The average Bonchev–Trinajstić information content (AvgIpc) is 2.96. The van der Waals surface area contributed by atoms with Gasteiger partial charge in [-0.1, -0.05) is 6.07 Å². The summed E-state index contributed by atoms with van der Waals surface area (Å²) in [5, 5.41) is 2.77.